The summed E-state index contributed by atoms with van der Waals surface area (Å²) in [5.74, 6) is 1.47. The van der Waals surface area contributed by atoms with Gasteiger partial charge in [0, 0.05) is 43.2 Å². The van der Waals surface area contributed by atoms with Crippen LogP contribution in [0.1, 0.15) is 13.8 Å². The van der Waals surface area contributed by atoms with E-state index in [1.165, 1.54) is 23.3 Å². The minimum absolute atomic E-state index is 0.184. The SMILES string of the molecule is CCP(CC)c1ccccc1Nc1nc(Nc2ccc(N3CCN(C)CC3)cc2)nc2ccsc12. The first-order valence-electron chi connectivity index (χ1n) is 12.3. The predicted octanol–water partition coefficient (Wildman–Crippen LogP) is 6.08. The molecule has 2 aromatic heterocycles. The van der Waals surface area contributed by atoms with Crippen molar-refractivity contribution in [2.24, 2.45) is 0 Å². The van der Waals surface area contributed by atoms with Gasteiger partial charge in [-0.15, -0.1) is 11.3 Å². The first-order chi connectivity index (χ1) is 17.1. The third kappa shape index (κ3) is 5.43. The summed E-state index contributed by atoms with van der Waals surface area (Å²) < 4.78 is 1.08. The summed E-state index contributed by atoms with van der Waals surface area (Å²) in [6, 6.07) is 19.3. The largest absolute Gasteiger partial charge is 0.369 e. The second-order valence-electron chi connectivity index (χ2n) is 8.81. The van der Waals surface area contributed by atoms with E-state index in [4.69, 9.17) is 9.97 Å². The van der Waals surface area contributed by atoms with Crippen LogP contribution in [0.5, 0.6) is 0 Å². The van der Waals surface area contributed by atoms with Crippen LogP contribution < -0.4 is 20.8 Å². The van der Waals surface area contributed by atoms with E-state index in [1.807, 2.05) is 0 Å². The average Bonchev–Trinajstić information content (AvgIpc) is 3.36. The average molecular weight is 505 g/mol. The van der Waals surface area contributed by atoms with Gasteiger partial charge in [0.2, 0.25) is 5.95 Å². The third-order valence-corrected chi connectivity index (χ3v) is 10.1. The van der Waals surface area contributed by atoms with Crippen LogP contribution in [0.3, 0.4) is 0 Å². The van der Waals surface area contributed by atoms with Gasteiger partial charge < -0.3 is 20.4 Å². The molecule has 8 heteroatoms. The van der Waals surface area contributed by atoms with Gasteiger partial charge in [0.1, 0.15) is 0 Å². The number of anilines is 5. The molecule has 0 bridgehead atoms. The number of rotatable bonds is 8. The Morgan fingerprint density at radius 3 is 2.37 bits per heavy atom. The first kappa shape index (κ1) is 24.0. The normalized spacial score (nSPS) is 14.6. The zero-order valence-electron chi connectivity index (χ0n) is 20.7. The van der Waals surface area contributed by atoms with Crippen molar-refractivity contribution in [2.75, 3.05) is 61.1 Å². The van der Waals surface area contributed by atoms with Gasteiger partial charge in [0.05, 0.1) is 10.2 Å². The van der Waals surface area contributed by atoms with E-state index >= 15 is 0 Å². The highest BCUT2D eigenvalue weighted by atomic mass is 32.1. The van der Waals surface area contributed by atoms with Gasteiger partial charge in [-0.1, -0.05) is 40.0 Å². The van der Waals surface area contributed by atoms with Crippen LogP contribution in [-0.2, 0) is 0 Å². The van der Waals surface area contributed by atoms with Crippen molar-refractivity contribution >= 4 is 63.6 Å². The van der Waals surface area contributed by atoms with E-state index in [9.17, 15) is 0 Å². The van der Waals surface area contributed by atoms with Crippen LogP contribution in [0.2, 0.25) is 0 Å². The number of thiophene rings is 1. The highest BCUT2D eigenvalue weighted by molar-refractivity contribution is 7.65. The number of para-hydroxylation sites is 1. The lowest BCUT2D eigenvalue weighted by atomic mass is 10.2. The monoisotopic (exact) mass is 504 g/mol. The Kier molecular flexibility index (Phi) is 7.47. The molecule has 0 saturated carbocycles. The van der Waals surface area contributed by atoms with E-state index in [2.05, 4.69) is 101 Å². The Balaban J connectivity index is 1.39. The van der Waals surface area contributed by atoms with E-state index in [0.29, 0.717) is 5.95 Å². The molecule has 182 valence electrons. The molecule has 0 aliphatic carbocycles. The maximum Gasteiger partial charge on any atom is 0.229 e. The summed E-state index contributed by atoms with van der Waals surface area (Å²) in [5, 5.41) is 10.6. The second kappa shape index (κ2) is 10.9. The fourth-order valence-corrected chi connectivity index (χ4v) is 7.17. The van der Waals surface area contributed by atoms with Crippen molar-refractivity contribution < 1.29 is 0 Å². The highest BCUT2D eigenvalue weighted by Gasteiger charge is 2.16. The van der Waals surface area contributed by atoms with E-state index in [1.54, 1.807) is 11.3 Å². The van der Waals surface area contributed by atoms with Gasteiger partial charge in [0.15, 0.2) is 5.82 Å². The van der Waals surface area contributed by atoms with Crippen molar-refractivity contribution in [3.63, 3.8) is 0 Å². The number of hydrogen-bond donors (Lipinski definition) is 2. The highest BCUT2D eigenvalue weighted by Crippen LogP contribution is 2.38. The van der Waals surface area contributed by atoms with Crippen LogP contribution >= 0.6 is 19.3 Å². The first-order valence-corrected chi connectivity index (χ1v) is 14.9. The molecule has 0 unspecified atom stereocenters. The summed E-state index contributed by atoms with van der Waals surface area (Å²) in [6.07, 6.45) is 2.36. The molecule has 0 radical (unpaired) electrons. The van der Waals surface area contributed by atoms with Crippen molar-refractivity contribution in [3.05, 3.63) is 60.0 Å². The number of likely N-dealkylation sites (N-methyl/N-ethyl adjacent to an activating group) is 1. The molecule has 2 N–H and O–H groups in total. The minimum atomic E-state index is -0.184. The molecular weight excluding hydrogens is 471 g/mol. The number of piperazine rings is 1. The molecule has 3 heterocycles. The molecule has 0 amide bonds. The lowest BCUT2D eigenvalue weighted by Gasteiger charge is -2.34. The Labute approximate surface area is 213 Å². The van der Waals surface area contributed by atoms with Crippen LogP contribution in [0.15, 0.2) is 60.0 Å². The topological polar surface area (TPSA) is 56.3 Å². The quantitative estimate of drug-likeness (QED) is 0.284. The van der Waals surface area contributed by atoms with Crippen LogP contribution in [0.4, 0.5) is 28.8 Å². The summed E-state index contributed by atoms with van der Waals surface area (Å²) >= 11 is 1.67. The number of nitrogens with one attached hydrogen (secondary N) is 2. The zero-order chi connectivity index (χ0) is 24.2. The summed E-state index contributed by atoms with van der Waals surface area (Å²) in [7, 11) is 2.00. The predicted molar refractivity (Wildman–Crippen MR) is 154 cm³/mol. The number of hydrogen-bond acceptors (Lipinski definition) is 7. The van der Waals surface area contributed by atoms with Gasteiger partial charge in [0.25, 0.3) is 0 Å². The fraction of sp³-hybridized carbons (Fsp3) is 0.333. The molecule has 0 atom stereocenters. The summed E-state index contributed by atoms with van der Waals surface area (Å²) in [5.41, 5.74) is 4.36. The molecule has 35 heavy (non-hydrogen) atoms. The van der Waals surface area contributed by atoms with E-state index in [0.717, 1.165) is 53.6 Å². The smallest absolute Gasteiger partial charge is 0.229 e. The van der Waals surface area contributed by atoms with Gasteiger partial charge in [-0.3, -0.25) is 0 Å². The number of fused-ring (bicyclic) bond motifs is 1. The zero-order valence-corrected chi connectivity index (χ0v) is 22.4. The molecule has 1 aliphatic heterocycles. The second-order valence-corrected chi connectivity index (χ2v) is 12.5. The van der Waals surface area contributed by atoms with Crippen LogP contribution in [-0.4, -0.2) is 60.4 Å². The minimum Gasteiger partial charge on any atom is -0.369 e. The Hall–Kier alpha value is -2.73. The van der Waals surface area contributed by atoms with Crippen molar-refractivity contribution in [3.8, 4) is 0 Å². The Morgan fingerprint density at radius 1 is 0.886 bits per heavy atom. The van der Waals surface area contributed by atoms with Crippen molar-refractivity contribution in [1.29, 1.82) is 0 Å². The molecule has 1 fully saturated rings. The summed E-state index contributed by atoms with van der Waals surface area (Å²) in [6.45, 7) is 8.90. The van der Waals surface area contributed by atoms with E-state index < -0.39 is 0 Å². The lowest BCUT2D eigenvalue weighted by Crippen LogP contribution is -2.44. The molecule has 4 aromatic rings. The maximum atomic E-state index is 4.90. The van der Waals surface area contributed by atoms with Gasteiger partial charge >= 0.3 is 0 Å². The third-order valence-electron chi connectivity index (χ3n) is 6.56. The van der Waals surface area contributed by atoms with Crippen LogP contribution in [0.25, 0.3) is 10.2 Å². The van der Waals surface area contributed by atoms with Gasteiger partial charge in [-0.2, -0.15) is 4.98 Å². The van der Waals surface area contributed by atoms with Crippen LogP contribution in [0, 0.1) is 0 Å². The Bertz CT molecular complexity index is 1260. The molecular formula is C27H33N6PS. The van der Waals surface area contributed by atoms with Crippen molar-refractivity contribution in [2.45, 2.75) is 13.8 Å². The molecule has 1 aliphatic rings. The summed E-state index contributed by atoms with van der Waals surface area (Å²) in [4.78, 5) is 14.5. The lowest BCUT2D eigenvalue weighted by molar-refractivity contribution is 0.313. The molecule has 0 spiro atoms. The fourth-order valence-electron chi connectivity index (χ4n) is 4.50. The number of nitrogens with zero attached hydrogens (tertiary/aromatic N) is 4. The Morgan fingerprint density at radius 2 is 1.63 bits per heavy atom. The van der Waals surface area contributed by atoms with Crippen molar-refractivity contribution in [1.82, 2.24) is 14.9 Å². The van der Waals surface area contributed by atoms with Gasteiger partial charge in [-0.05, 0) is 66.5 Å². The maximum absolute atomic E-state index is 4.90. The van der Waals surface area contributed by atoms with Gasteiger partial charge in [-0.25, -0.2) is 4.98 Å². The number of aromatic nitrogens is 2. The standard InChI is InChI=1S/C27H33N6PS/c1-4-34(5-2)24-9-7-6-8-22(24)29-26-25-23(14-19-35-25)30-27(31-26)28-20-10-12-21(13-11-20)33-17-15-32(3)16-18-33/h6-14,19H,4-5,15-18H2,1-3H3,(H2,28,29,30,31). The number of benzene rings is 2. The van der Waals surface area contributed by atoms with E-state index in [-0.39, 0.29) is 7.92 Å². The molecule has 6 nitrogen and oxygen atoms in total. The molecule has 2 aromatic carbocycles. The molecule has 5 rings (SSSR count). The molecule has 1 saturated heterocycles.